The van der Waals surface area contributed by atoms with Crippen molar-refractivity contribution >= 4 is 23.9 Å². The molecular weight excluding hydrogens is 488 g/mol. The molecule has 0 bridgehead atoms. The van der Waals surface area contributed by atoms with E-state index in [0.29, 0.717) is 38.4 Å². The van der Waals surface area contributed by atoms with Gasteiger partial charge < -0.3 is 25.0 Å². The van der Waals surface area contributed by atoms with Crippen LogP contribution in [0.25, 0.3) is 0 Å². The average Bonchev–Trinajstić information content (AvgIpc) is 3.56. The maximum absolute atomic E-state index is 13.9. The fourth-order valence-corrected chi connectivity index (χ4v) is 4.60. The molecule has 2 N–H and O–H groups in total. The van der Waals surface area contributed by atoms with Gasteiger partial charge in [0.1, 0.15) is 23.2 Å². The summed E-state index contributed by atoms with van der Waals surface area (Å²) < 4.78 is 10.6. The summed E-state index contributed by atoms with van der Waals surface area (Å²) in [4.78, 5) is 56.2. The van der Waals surface area contributed by atoms with Gasteiger partial charge in [0.2, 0.25) is 11.8 Å². The van der Waals surface area contributed by atoms with Crippen LogP contribution in [0.5, 0.6) is 0 Å². The van der Waals surface area contributed by atoms with Crippen molar-refractivity contribution in [3.8, 4) is 0 Å². The number of hydrogen-bond acceptors (Lipinski definition) is 7. The predicted molar refractivity (Wildman–Crippen MR) is 145 cm³/mol. The zero-order valence-electron chi connectivity index (χ0n) is 24.1. The monoisotopic (exact) mass is 536 g/mol. The van der Waals surface area contributed by atoms with Gasteiger partial charge in [0.15, 0.2) is 0 Å². The Kier molecular flexibility index (Phi) is 11.6. The smallest absolute Gasteiger partial charge is 0.408 e. The van der Waals surface area contributed by atoms with E-state index in [2.05, 4.69) is 22.1 Å². The van der Waals surface area contributed by atoms with Crippen LogP contribution in [0.2, 0.25) is 0 Å². The van der Waals surface area contributed by atoms with E-state index >= 15 is 0 Å². The van der Waals surface area contributed by atoms with Crippen LogP contribution >= 0.6 is 0 Å². The minimum Gasteiger partial charge on any atom is -0.464 e. The molecular formula is C28H48N4O6. The molecule has 0 radical (unpaired) electrons. The summed E-state index contributed by atoms with van der Waals surface area (Å²) in [6.07, 6.45) is 6.57. The third-order valence-corrected chi connectivity index (χ3v) is 6.99. The number of ether oxygens (including phenoxy) is 2. The van der Waals surface area contributed by atoms with Crippen molar-refractivity contribution in [2.24, 2.45) is 0 Å². The van der Waals surface area contributed by atoms with E-state index in [-0.39, 0.29) is 12.5 Å². The number of nitrogens with one attached hydrogen (secondary N) is 2. The Bertz CT molecular complexity index is 853. The van der Waals surface area contributed by atoms with Crippen LogP contribution in [-0.4, -0.2) is 89.2 Å². The summed E-state index contributed by atoms with van der Waals surface area (Å²) in [5.41, 5.74) is -1.90. The Morgan fingerprint density at radius 2 is 1.82 bits per heavy atom. The highest BCUT2D eigenvalue weighted by Crippen LogP contribution is 2.28. The van der Waals surface area contributed by atoms with Crippen LogP contribution in [-0.2, 0) is 23.9 Å². The molecule has 2 fully saturated rings. The second kappa shape index (κ2) is 14.0. The highest BCUT2D eigenvalue weighted by molar-refractivity contribution is 5.94. The van der Waals surface area contributed by atoms with E-state index < -0.39 is 41.2 Å². The highest BCUT2D eigenvalue weighted by atomic mass is 16.6. The maximum Gasteiger partial charge on any atom is 0.408 e. The van der Waals surface area contributed by atoms with Gasteiger partial charge in [-0.1, -0.05) is 13.0 Å². The number of amides is 3. The molecule has 38 heavy (non-hydrogen) atoms. The first-order valence-corrected chi connectivity index (χ1v) is 14.0. The minimum absolute atomic E-state index is 0.209. The number of carbonyl (C=O) groups is 4. The fourth-order valence-electron chi connectivity index (χ4n) is 4.60. The predicted octanol–water partition coefficient (Wildman–Crippen LogP) is 3.15. The Morgan fingerprint density at radius 3 is 2.37 bits per heavy atom. The molecule has 3 amide bonds. The molecule has 2 rings (SSSR count). The Balaban J connectivity index is 2.22. The van der Waals surface area contributed by atoms with Crippen LogP contribution < -0.4 is 10.6 Å². The van der Waals surface area contributed by atoms with Gasteiger partial charge in [-0.15, -0.1) is 6.58 Å². The van der Waals surface area contributed by atoms with Crippen molar-refractivity contribution < 1.29 is 28.7 Å². The molecule has 0 aromatic carbocycles. The van der Waals surface area contributed by atoms with Crippen molar-refractivity contribution in [1.29, 1.82) is 0 Å². The third kappa shape index (κ3) is 9.29. The van der Waals surface area contributed by atoms with E-state index in [4.69, 9.17) is 9.47 Å². The molecule has 10 nitrogen and oxygen atoms in total. The molecule has 0 aromatic heterocycles. The van der Waals surface area contributed by atoms with Crippen LogP contribution in [0.1, 0.15) is 86.5 Å². The largest absolute Gasteiger partial charge is 0.464 e. The molecule has 1 saturated heterocycles. The van der Waals surface area contributed by atoms with Crippen LogP contribution in [0.15, 0.2) is 12.7 Å². The van der Waals surface area contributed by atoms with Crippen molar-refractivity contribution in [3.63, 3.8) is 0 Å². The summed E-state index contributed by atoms with van der Waals surface area (Å²) >= 11 is 0. The number of nitrogens with zero attached hydrogens (tertiary/aromatic N) is 2. The molecule has 1 heterocycles. The van der Waals surface area contributed by atoms with Gasteiger partial charge in [-0.2, -0.15) is 0 Å². The van der Waals surface area contributed by atoms with Gasteiger partial charge in [-0.05, 0) is 86.1 Å². The first-order valence-electron chi connectivity index (χ1n) is 14.0. The summed E-state index contributed by atoms with van der Waals surface area (Å²) in [6, 6.07) is -1.23. The molecule has 0 spiro atoms. The first-order chi connectivity index (χ1) is 17.8. The van der Waals surface area contributed by atoms with E-state index in [1.165, 1.54) is 4.90 Å². The number of allylic oxidation sites excluding steroid dienone is 1. The molecule has 216 valence electrons. The Morgan fingerprint density at radius 1 is 1.13 bits per heavy atom. The maximum atomic E-state index is 13.9. The summed E-state index contributed by atoms with van der Waals surface area (Å²) in [5.74, 6) is -1.22. The SMILES string of the molecule is C=CCCCN(C[C@H](NC(=O)OC(C)(C)C)C(=O)N1CCC[C@H]1C(=O)N[C@@](C)(CC)C(=O)OCC)C1CC1. The van der Waals surface area contributed by atoms with Gasteiger partial charge in [0.25, 0.3) is 0 Å². The fraction of sp³-hybridized carbons (Fsp3) is 0.786. The molecule has 0 unspecified atom stereocenters. The molecule has 0 aromatic rings. The molecule has 1 saturated carbocycles. The number of carbonyl (C=O) groups excluding carboxylic acids is 4. The lowest BCUT2D eigenvalue weighted by molar-refractivity contribution is -0.153. The van der Waals surface area contributed by atoms with Crippen molar-refractivity contribution in [3.05, 3.63) is 12.7 Å². The number of rotatable bonds is 14. The van der Waals surface area contributed by atoms with Crippen molar-refractivity contribution in [2.75, 3.05) is 26.2 Å². The van der Waals surface area contributed by atoms with E-state index in [0.717, 1.165) is 32.2 Å². The number of likely N-dealkylation sites (tertiary alicyclic amines) is 1. The average molecular weight is 537 g/mol. The number of alkyl carbamates (subject to hydrolysis) is 1. The van der Waals surface area contributed by atoms with Crippen LogP contribution in [0.4, 0.5) is 4.79 Å². The lowest BCUT2D eigenvalue weighted by Gasteiger charge is -2.34. The topological polar surface area (TPSA) is 117 Å². The molecule has 2 aliphatic rings. The lowest BCUT2D eigenvalue weighted by Crippen LogP contribution is -2.60. The van der Waals surface area contributed by atoms with Crippen molar-refractivity contribution in [1.82, 2.24) is 20.4 Å². The van der Waals surface area contributed by atoms with Gasteiger partial charge in [0.05, 0.1) is 6.61 Å². The lowest BCUT2D eigenvalue weighted by atomic mass is 9.98. The van der Waals surface area contributed by atoms with Crippen LogP contribution in [0, 0.1) is 0 Å². The Labute approximate surface area is 227 Å². The highest BCUT2D eigenvalue weighted by Gasteiger charge is 2.43. The van der Waals surface area contributed by atoms with E-state index in [9.17, 15) is 19.2 Å². The summed E-state index contributed by atoms with van der Waals surface area (Å²) in [5, 5.41) is 5.62. The first kappa shape index (κ1) is 31.6. The zero-order chi connectivity index (χ0) is 28.5. The zero-order valence-corrected chi connectivity index (χ0v) is 24.1. The Hall–Kier alpha value is -2.62. The second-order valence-electron chi connectivity index (χ2n) is 11.4. The van der Waals surface area contributed by atoms with Crippen molar-refractivity contribution in [2.45, 2.75) is 116 Å². The van der Waals surface area contributed by atoms with Gasteiger partial charge in [-0.25, -0.2) is 9.59 Å². The van der Waals surface area contributed by atoms with E-state index in [1.807, 2.05) is 6.08 Å². The number of esters is 1. The molecule has 1 aliphatic heterocycles. The summed E-state index contributed by atoms with van der Waals surface area (Å²) in [7, 11) is 0. The minimum atomic E-state index is -1.19. The second-order valence-corrected chi connectivity index (χ2v) is 11.4. The third-order valence-electron chi connectivity index (χ3n) is 6.99. The standard InChI is InChI=1S/C28H48N4O6/c1-8-11-12-17-31(20-15-16-20)19-21(29-26(36)38-27(4,5)6)24(34)32-18-13-14-22(32)23(33)30-28(7,9-2)25(35)37-10-3/h8,20-22H,1,9-19H2,2-7H3,(H,29,36)(H,30,33)/t21-,22-,28-/m0/s1. The number of hydrogen-bond donors (Lipinski definition) is 2. The molecule has 10 heteroatoms. The van der Waals surface area contributed by atoms with Crippen LogP contribution in [0.3, 0.4) is 0 Å². The number of unbranched alkanes of at least 4 members (excludes halogenated alkanes) is 1. The molecule has 3 atom stereocenters. The quantitative estimate of drug-likeness (QED) is 0.199. The summed E-state index contributed by atoms with van der Waals surface area (Å²) in [6.45, 7) is 16.0. The van der Waals surface area contributed by atoms with Gasteiger partial charge in [-0.3, -0.25) is 14.5 Å². The molecule has 1 aliphatic carbocycles. The normalized spacial score (nSPS) is 19.9. The van der Waals surface area contributed by atoms with Gasteiger partial charge in [0, 0.05) is 19.1 Å². The van der Waals surface area contributed by atoms with E-state index in [1.54, 1.807) is 41.5 Å². The van der Waals surface area contributed by atoms with Gasteiger partial charge >= 0.3 is 12.1 Å².